The zero-order valence-corrected chi connectivity index (χ0v) is 79.7. The number of aromatic nitrogens is 8. The third-order valence-electron chi connectivity index (χ3n) is 24.4. The number of hydrogen-bond donors (Lipinski definition) is 8. The van der Waals surface area contributed by atoms with Gasteiger partial charge in [0.1, 0.15) is 5.60 Å². The van der Waals surface area contributed by atoms with Crippen LogP contribution in [0.2, 0.25) is 0 Å². The number of carbonyl (C=O) groups excluding carboxylic acids is 5. The molecule has 3 aromatic carbocycles. The second-order valence-corrected chi connectivity index (χ2v) is 39.4. The second-order valence-electron chi connectivity index (χ2n) is 35.6. The Hall–Kier alpha value is -11.2. The fraction of sp³-hybridized carbons (Fsp3) is 0.500. The third kappa shape index (κ3) is 24.6. The number of urea groups is 3. The first-order valence-corrected chi connectivity index (χ1v) is 49.5. The Morgan fingerprint density at radius 1 is 0.409 bits per heavy atom. The summed E-state index contributed by atoms with van der Waals surface area (Å²) in [6.07, 6.45) is 7.28. The zero-order valence-electron chi connectivity index (χ0n) is 76.4. The number of nitrogens with one attached hydrogen (secondary N) is 7. The number of carbonyl (C=O) groups is 5. The molecule has 0 atom stereocenters. The Morgan fingerprint density at radius 3 is 1.08 bits per heavy atom. The Balaban J connectivity index is 0.000000128. The number of rotatable bonds is 18. The van der Waals surface area contributed by atoms with E-state index in [9.17, 15) is 29.1 Å². The Bertz CT molecular complexity index is 5720. The number of hydrogen-bond acceptors (Lipinski definition) is 31. The second kappa shape index (κ2) is 43.6. The van der Waals surface area contributed by atoms with Crippen molar-refractivity contribution in [3.8, 4) is 0 Å². The van der Waals surface area contributed by atoms with Gasteiger partial charge in [-0.25, -0.2) is 39.1 Å². The summed E-state index contributed by atoms with van der Waals surface area (Å²) in [6.45, 7) is 33.4. The summed E-state index contributed by atoms with van der Waals surface area (Å²) >= 11 is 6.61. The number of ketones is 1. The van der Waals surface area contributed by atoms with Gasteiger partial charge in [0.15, 0.2) is 29.1 Å². The van der Waals surface area contributed by atoms with E-state index < -0.39 is 11.2 Å². The summed E-state index contributed by atoms with van der Waals surface area (Å²) in [5.41, 5.74) is 7.65. The van der Waals surface area contributed by atoms with Gasteiger partial charge < -0.3 is 105 Å². The highest BCUT2D eigenvalue weighted by Crippen LogP contribution is 2.41. The van der Waals surface area contributed by atoms with Crippen molar-refractivity contribution in [3.05, 3.63) is 135 Å². The van der Waals surface area contributed by atoms with Gasteiger partial charge in [0.2, 0.25) is 23.8 Å². The van der Waals surface area contributed by atoms with Crippen LogP contribution in [0, 0.1) is 6.92 Å². The number of amides is 7. The van der Waals surface area contributed by atoms with Crippen LogP contribution in [0.25, 0.3) is 40.9 Å². The lowest BCUT2D eigenvalue weighted by Gasteiger charge is -2.34. The molecule has 0 aliphatic carbocycles. The van der Waals surface area contributed by atoms with Crippen LogP contribution in [0.5, 0.6) is 0 Å². The van der Waals surface area contributed by atoms with E-state index in [4.69, 9.17) is 63.6 Å². The van der Waals surface area contributed by atoms with Gasteiger partial charge in [-0.15, -0.1) is 45.3 Å². The van der Waals surface area contributed by atoms with Crippen molar-refractivity contribution >= 4 is 180 Å². The van der Waals surface area contributed by atoms with E-state index >= 15 is 0 Å². The Morgan fingerprint density at radius 2 is 0.742 bits per heavy atom. The number of ether oxygens (including phenoxy) is 5. The zero-order chi connectivity index (χ0) is 91.8. The van der Waals surface area contributed by atoms with Crippen molar-refractivity contribution in [2.24, 2.45) is 0 Å². The van der Waals surface area contributed by atoms with E-state index in [0.29, 0.717) is 43.6 Å². The fourth-order valence-corrected chi connectivity index (χ4v) is 20.6. The molecule has 8 aliphatic rings. The van der Waals surface area contributed by atoms with Crippen molar-refractivity contribution in [1.29, 1.82) is 0 Å². The molecule has 132 heavy (non-hydrogen) atoms. The van der Waals surface area contributed by atoms with Crippen LogP contribution in [0.4, 0.5) is 83.3 Å². The summed E-state index contributed by atoms with van der Waals surface area (Å²) < 4.78 is 31.9. The molecule has 16 heterocycles. The molecular formula is C94H121N23O11S4. The first-order valence-electron chi connectivity index (χ1n) is 46.0. The summed E-state index contributed by atoms with van der Waals surface area (Å²) in [4.78, 5) is 119. The Labute approximate surface area is 785 Å². The number of aliphatic hydroxyl groups is 1. The third-order valence-corrected chi connectivity index (χ3v) is 28.5. The molecule has 0 bridgehead atoms. The molecule has 34 nitrogen and oxygen atoms in total. The van der Waals surface area contributed by atoms with E-state index in [1.807, 2.05) is 82.3 Å². The molecule has 0 radical (unpaired) electrons. The fourth-order valence-electron chi connectivity index (χ4n) is 17.0. The smallest absolute Gasteiger partial charge is 0.407 e. The number of alkyl carbamates (subject to hydrolysis) is 1. The van der Waals surface area contributed by atoms with Crippen molar-refractivity contribution in [2.75, 3.05) is 213 Å². The topological polar surface area (TPSA) is 365 Å². The number of piperidine rings is 4. The van der Waals surface area contributed by atoms with Gasteiger partial charge in [0.05, 0.1) is 99.3 Å². The van der Waals surface area contributed by atoms with Crippen LogP contribution in [-0.2, 0) is 35.7 Å². The highest BCUT2D eigenvalue weighted by Gasteiger charge is 2.34. The molecule has 38 heteroatoms. The molecule has 702 valence electrons. The molecular weight excluding hydrogens is 1760 g/mol. The summed E-state index contributed by atoms with van der Waals surface area (Å²) in [5, 5.41) is 37.8. The number of aryl methyl sites for hydroxylation is 2. The first kappa shape index (κ1) is 94.0. The van der Waals surface area contributed by atoms with Crippen molar-refractivity contribution < 1.29 is 52.8 Å². The van der Waals surface area contributed by atoms with E-state index in [1.165, 1.54) is 12.5 Å². The summed E-state index contributed by atoms with van der Waals surface area (Å²) in [5.74, 6) is 6.94. The molecule has 7 amide bonds. The molecule has 8 aromatic heterocycles. The minimum atomic E-state index is -0.931. The van der Waals surface area contributed by atoms with Gasteiger partial charge in [0, 0.05) is 156 Å². The van der Waals surface area contributed by atoms with E-state index in [1.54, 1.807) is 83.5 Å². The van der Waals surface area contributed by atoms with E-state index in [2.05, 4.69) is 118 Å². The van der Waals surface area contributed by atoms with Gasteiger partial charge in [0.25, 0.3) is 0 Å². The van der Waals surface area contributed by atoms with Crippen LogP contribution in [-0.4, -0.2) is 262 Å². The number of Topliss-reactive ketones (excluding diaryl/α,β-unsaturated/α-hetero) is 1. The van der Waals surface area contributed by atoms with Gasteiger partial charge in [-0.3, -0.25) is 4.79 Å². The minimum absolute atomic E-state index is 0.00181. The van der Waals surface area contributed by atoms with Crippen molar-refractivity contribution in [1.82, 2.24) is 61.1 Å². The van der Waals surface area contributed by atoms with Crippen LogP contribution < -0.4 is 76.4 Å². The number of fused-ring (bicyclic) bond motifs is 4. The lowest BCUT2D eigenvalue weighted by Crippen LogP contribution is -2.46. The van der Waals surface area contributed by atoms with Gasteiger partial charge in [-0.1, -0.05) is 37.3 Å². The average molecular weight is 1880 g/mol. The van der Waals surface area contributed by atoms with Crippen LogP contribution >= 0.6 is 45.3 Å². The van der Waals surface area contributed by atoms with Gasteiger partial charge in [-0.2, -0.15) is 19.9 Å². The lowest BCUT2D eigenvalue weighted by atomic mass is 10.1. The minimum Gasteiger partial charge on any atom is -0.444 e. The molecule has 0 unspecified atom stereocenters. The largest absolute Gasteiger partial charge is 0.444 e. The van der Waals surface area contributed by atoms with Crippen LogP contribution in [0.1, 0.15) is 126 Å². The number of thiophene rings is 4. The van der Waals surface area contributed by atoms with E-state index in [0.717, 1.165) is 293 Å². The SMILES string of the molecule is CC(=O)c1ccc(NC(=O)NC2CCN(c3nc(N4CCOCC4)c4sccc4n3)CC2)cc1.CC(C)(C)OC(=O)NC1CCN(c2nc(N3CCOCC3)c3sc(C(C)(C)O)cc3n2)CC1.CCc1ccc(NC(=O)NC2CCN(c3nc(N4CCOCC4)c4sccc4n3)CC2)cc1.Cc1ccccc1NC(=O)NC1CCN(c2nc(N3CCOCC3)c3sccc3n2)CC1. The molecule has 11 aromatic rings. The molecule has 19 rings (SSSR count). The predicted octanol–water partition coefficient (Wildman–Crippen LogP) is 14.3. The van der Waals surface area contributed by atoms with E-state index in [-0.39, 0.29) is 54.1 Å². The predicted molar refractivity (Wildman–Crippen MR) is 527 cm³/mol. The number of benzene rings is 3. The molecule has 8 N–H and O–H groups in total. The normalized spacial score (nSPS) is 17.6. The molecule has 8 saturated heterocycles. The highest BCUT2D eigenvalue weighted by atomic mass is 32.1. The summed E-state index contributed by atoms with van der Waals surface area (Å²) in [6, 6.07) is 30.8. The number of anilines is 11. The maximum absolute atomic E-state index is 12.4. The number of nitrogens with zero attached hydrogens (tertiary/aromatic N) is 16. The number of para-hydroxylation sites is 1. The monoisotopic (exact) mass is 1880 g/mol. The van der Waals surface area contributed by atoms with Crippen molar-refractivity contribution in [2.45, 2.75) is 149 Å². The van der Waals surface area contributed by atoms with Crippen molar-refractivity contribution in [3.63, 3.8) is 0 Å². The Kier molecular flexibility index (Phi) is 31.1. The number of morpholine rings is 4. The first-order chi connectivity index (χ1) is 63.9. The van der Waals surface area contributed by atoms with Crippen LogP contribution in [0.3, 0.4) is 0 Å². The highest BCUT2D eigenvalue weighted by molar-refractivity contribution is 7.20. The standard InChI is InChI=1S/C24H28N6O3S.C24H30N6O2S.C23H28N6O2S.C23H35N5O4S/c1-16(31)17-2-4-18(5-3-17)25-24(32)26-19-6-9-30(10-7-19)23-27-20-8-15-34-21(20)22(28-23)29-11-13-33-14-12-29;1-2-17-3-5-18(6-4-17)25-24(31)26-19-7-10-30(11-8-19)23-27-20-9-16-33-21(20)22(28-23)29-12-14-32-15-13-29;1-16-4-2-3-5-18(16)26-23(30)24-17-6-9-29(10-7-17)22-25-19-8-15-32-20(19)21(27-22)28-11-13-31-14-12-28;1-22(2,3)32-21(29)24-15-6-8-28(9-7-15)20-25-16-14-17(23(4,5)30)33-18(16)19(26-20)27-10-12-31-13-11-27/h2-5,8,15,19H,6-7,9-14H2,1H3,(H2,25,26,32);3-6,9,16,19H,2,7-8,10-15H2,1H3,(H2,25,26,31);2-5,8,15,17H,6-7,9-14H2,1H3,(H2,24,26,30);14-15,30H,6-13H2,1-5H3,(H,24,29). The van der Waals surface area contributed by atoms with Gasteiger partial charge in [-0.05, 0) is 200 Å². The average Bonchev–Trinajstić information content (AvgIpc) is 1.62. The lowest BCUT2D eigenvalue weighted by molar-refractivity contribution is 0.0496. The molecule has 0 spiro atoms. The summed E-state index contributed by atoms with van der Waals surface area (Å²) in [7, 11) is 0. The maximum Gasteiger partial charge on any atom is 0.407 e. The molecule has 0 saturated carbocycles. The molecule has 8 aliphatic heterocycles. The van der Waals surface area contributed by atoms with Crippen LogP contribution in [0.15, 0.2) is 113 Å². The molecule has 8 fully saturated rings. The van der Waals surface area contributed by atoms with Gasteiger partial charge >= 0.3 is 24.2 Å². The maximum atomic E-state index is 12.4. The quantitative estimate of drug-likeness (QED) is 0.0370.